The molecular weight excluding hydrogens is 224 g/mol. The Morgan fingerprint density at radius 1 is 1.53 bits per heavy atom. The number of aliphatic hydroxyl groups is 1. The van der Waals surface area contributed by atoms with Gasteiger partial charge in [0.15, 0.2) is 11.5 Å². The summed E-state index contributed by atoms with van der Waals surface area (Å²) in [5, 5.41) is 10.7. The molecule has 3 rings (SSSR count). The highest BCUT2D eigenvalue weighted by Crippen LogP contribution is 2.39. The lowest BCUT2D eigenvalue weighted by atomic mass is 10.3. The molecule has 0 amide bonds. The van der Waals surface area contributed by atoms with E-state index in [1.807, 2.05) is 0 Å². The standard InChI is InChI=1S/C9H14N6O2/c10-9-11-7-6(8(17)12-9)13-14-15(7)2-4-1-5(4)3-16/h4-5,13-14,16H,1-3H2,(H3,10,11,12,17). The fourth-order valence-electron chi connectivity index (χ4n) is 2.09. The lowest BCUT2D eigenvalue weighted by Crippen LogP contribution is -2.38. The first kappa shape index (κ1) is 10.4. The first-order valence-corrected chi connectivity index (χ1v) is 5.49. The quantitative estimate of drug-likeness (QED) is 0.441. The number of nitrogens with two attached hydrogens (primary N) is 1. The number of nitrogen functional groups attached to an aromatic ring is 1. The molecule has 2 atom stereocenters. The molecule has 0 spiro atoms. The normalized spacial score (nSPS) is 25.6. The van der Waals surface area contributed by atoms with Crippen molar-refractivity contribution in [1.82, 2.24) is 15.5 Å². The van der Waals surface area contributed by atoms with E-state index in [0.717, 1.165) is 6.42 Å². The highest BCUT2D eigenvalue weighted by molar-refractivity contribution is 5.68. The summed E-state index contributed by atoms with van der Waals surface area (Å²) in [6, 6.07) is 0. The molecule has 1 aliphatic carbocycles. The maximum absolute atomic E-state index is 11.6. The molecule has 8 heteroatoms. The SMILES string of the molecule is Nc1nc2c(c(=O)[nH]1)NNN2CC1CC1CO. The Hall–Kier alpha value is -1.80. The third kappa shape index (κ3) is 1.71. The first-order valence-electron chi connectivity index (χ1n) is 5.49. The van der Waals surface area contributed by atoms with E-state index in [9.17, 15) is 4.79 Å². The van der Waals surface area contributed by atoms with Crippen LogP contribution < -0.4 is 27.3 Å². The largest absolute Gasteiger partial charge is 0.396 e. The number of hydrazine groups is 2. The van der Waals surface area contributed by atoms with E-state index < -0.39 is 0 Å². The van der Waals surface area contributed by atoms with Crippen molar-refractivity contribution in [1.29, 1.82) is 0 Å². The molecular formula is C9H14N6O2. The van der Waals surface area contributed by atoms with Gasteiger partial charge in [0.1, 0.15) is 0 Å². The number of nitrogens with one attached hydrogen (secondary N) is 3. The molecule has 2 heterocycles. The van der Waals surface area contributed by atoms with Crippen LogP contribution in [0, 0.1) is 11.8 Å². The lowest BCUT2D eigenvalue weighted by molar-refractivity contribution is 0.269. The first-order chi connectivity index (χ1) is 8.19. The van der Waals surface area contributed by atoms with Gasteiger partial charge in [-0.05, 0) is 18.3 Å². The van der Waals surface area contributed by atoms with Gasteiger partial charge in [-0.2, -0.15) is 4.98 Å². The summed E-state index contributed by atoms with van der Waals surface area (Å²) in [5.41, 5.74) is 11.2. The van der Waals surface area contributed by atoms with Gasteiger partial charge in [0.05, 0.1) is 0 Å². The number of aromatic nitrogens is 2. The molecule has 0 aromatic carbocycles. The van der Waals surface area contributed by atoms with Crippen molar-refractivity contribution in [2.24, 2.45) is 11.8 Å². The van der Waals surface area contributed by atoms with Crippen molar-refractivity contribution >= 4 is 17.5 Å². The summed E-state index contributed by atoms with van der Waals surface area (Å²) >= 11 is 0. The van der Waals surface area contributed by atoms with Crippen LogP contribution in [0.4, 0.5) is 17.5 Å². The summed E-state index contributed by atoms with van der Waals surface area (Å²) in [7, 11) is 0. The number of anilines is 3. The van der Waals surface area contributed by atoms with E-state index in [1.165, 1.54) is 0 Å². The second-order valence-electron chi connectivity index (χ2n) is 4.44. The highest BCUT2D eigenvalue weighted by atomic mass is 16.3. The van der Waals surface area contributed by atoms with Crippen LogP contribution in [0.5, 0.6) is 0 Å². The third-order valence-corrected chi connectivity index (χ3v) is 3.21. The van der Waals surface area contributed by atoms with Crippen LogP contribution in [0.25, 0.3) is 0 Å². The molecule has 1 aromatic heterocycles. The second-order valence-corrected chi connectivity index (χ2v) is 4.44. The highest BCUT2D eigenvalue weighted by Gasteiger charge is 2.39. The van der Waals surface area contributed by atoms with Crippen molar-refractivity contribution in [2.45, 2.75) is 6.42 Å². The second kappa shape index (κ2) is 3.60. The van der Waals surface area contributed by atoms with Crippen LogP contribution in [0.3, 0.4) is 0 Å². The molecule has 8 nitrogen and oxygen atoms in total. The van der Waals surface area contributed by atoms with Gasteiger partial charge in [0.25, 0.3) is 5.56 Å². The maximum Gasteiger partial charge on any atom is 0.279 e. The molecule has 1 aliphatic heterocycles. The Kier molecular flexibility index (Phi) is 2.20. The van der Waals surface area contributed by atoms with Crippen LogP contribution in [0.15, 0.2) is 4.79 Å². The molecule has 92 valence electrons. The van der Waals surface area contributed by atoms with Gasteiger partial charge in [0.2, 0.25) is 5.95 Å². The molecule has 1 aromatic rings. The summed E-state index contributed by atoms with van der Waals surface area (Å²) in [6.45, 7) is 0.908. The number of fused-ring (bicyclic) bond motifs is 1. The number of aliphatic hydroxyl groups excluding tert-OH is 1. The number of hydrogen-bond donors (Lipinski definition) is 5. The van der Waals surface area contributed by atoms with Gasteiger partial charge in [-0.1, -0.05) is 0 Å². The van der Waals surface area contributed by atoms with Crippen LogP contribution in [-0.2, 0) is 0 Å². The average Bonchev–Trinajstić information content (AvgIpc) is 2.92. The minimum atomic E-state index is -0.294. The topological polar surface area (TPSA) is 119 Å². The predicted molar refractivity (Wildman–Crippen MR) is 62.1 cm³/mol. The summed E-state index contributed by atoms with van der Waals surface area (Å²) < 4.78 is 0. The van der Waals surface area contributed by atoms with Crippen molar-refractivity contribution in [2.75, 3.05) is 29.3 Å². The summed E-state index contributed by atoms with van der Waals surface area (Å²) in [6.07, 6.45) is 1.00. The Morgan fingerprint density at radius 3 is 3.06 bits per heavy atom. The fourth-order valence-corrected chi connectivity index (χ4v) is 2.09. The van der Waals surface area contributed by atoms with Crippen LogP contribution in [-0.4, -0.2) is 28.2 Å². The Balaban J connectivity index is 1.81. The zero-order chi connectivity index (χ0) is 12.0. The monoisotopic (exact) mass is 238 g/mol. The molecule has 2 aliphatic rings. The molecule has 6 N–H and O–H groups in total. The minimum Gasteiger partial charge on any atom is -0.396 e. The Morgan fingerprint density at radius 2 is 2.35 bits per heavy atom. The number of H-pyrrole nitrogens is 1. The lowest BCUT2D eigenvalue weighted by Gasteiger charge is -2.16. The minimum absolute atomic E-state index is 0.0961. The van der Waals surface area contributed by atoms with Gasteiger partial charge in [0, 0.05) is 13.2 Å². The van der Waals surface area contributed by atoms with Crippen molar-refractivity contribution in [3.8, 4) is 0 Å². The summed E-state index contributed by atoms with van der Waals surface area (Å²) in [5.74, 6) is 1.40. The van der Waals surface area contributed by atoms with Gasteiger partial charge in [-0.15, -0.1) is 5.53 Å². The fraction of sp³-hybridized carbons (Fsp3) is 0.556. The summed E-state index contributed by atoms with van der Waals surface area (Å²) in [4.78, 5) is 18.1. The van der Waals surface area contributed by atoms with Crippen molar-refractivity contribution < 1.29 is 5.11 Å². The zero-order valence-electron chi connectivity index (χ0n) is 9.10. The molecule has 0 saturated heterocycles. The number of aromatic amines is 1. The Labute approximate surface area is 96.8 Å². The van der Waals surface area contributed by atoms with E-state index in [0.29, 0.717) is 29.9 Å². The van der Waals surface area contributed by atoms with Crippen LogP contribution in [0.1, 0.15) is 6.42 Å². The number of nitrogens with zero attached hydrogens (tertiary/aromatic N) is 2. The predicted octanol–water partition coefficient (Wildman–Crippen LogP) is -1.37. The molecule has 0 bridgehead atoms. The van der Waals surface area contributed by atoms with Crippen molar-refractivity contribution in [3.63, 3.8) is 0 Å². The molecule has 1 saturated carbocycles. The van der Waals surface area contributed by atoms with E-state index in [-0.39, 0.29) is 18.1 Å². The van der Waals surface area contributed by atoms with Crippen LogP contribution in [0.2, 0.25) is 0 Å². The van der Waals surface area contributed by atoms with E-state index in [4.69, 9.17) is 10.8 Å². The van der Waals surface area contributed by atoms with Gasteiger partial charge < -0.3 is 10.8 Å². The third-order valence-electron chi connectivity index (χ3n) is 3.21. The van der Waals surface area contributed by atoms with E-state index >= 15 is 0 Å². The molecule has 2 unspecified atom stereocenters. The number of hydrogen-bond acceptors (Lipinski definition) is 7. The Bertz CT molecular complexity index is 501. The van der Waals surface area contributed by atoms with E-state index in [2.05, 4.69) is 20.9 Å². The molecule has 1 fully saturated rings. The van der Waals surface area contributed by atoms with Gasteiger partial charge in [-0.25, -0.2) is 0 Å². The van der Waals surface area contributed by atoms with Crippen LogP contribution >= 0.6 is 0 Å². The van der Waals surface area contributed by atoms with Crippen molar-refractivity contribution in [3.05, 3.63) is 10.4 Å². The molecule has 17 heavy (non-hydrogen) atoms. The number of rotatable bonds is 3. The zero-order valence-corrected chi connectivity index (χ0v) is 9.10. The average molecular weight is 238 g/mol. The van der Waals surface area contributed by atoms with Gasteiger partial charge >= 0.3 is 0 Å². The van der Waals surface area contributed by atoms with E-state index in [1.54, 1.807) is 5.01 Å². The smallest absolute Gasteiger partial charge is 0.279 e. The molecule has 0 radical (unpaired) electrons. The maximum atomic E-state index is 11.6. The van der Waals surface area contributed by atoms with Gasteiger partial charge in [-0.3, -0.25) is 20.2 Å².